The van der Waals surface area contributed by atoms with Crippen LogP contribution in [0.4, 0.5) is 5.69 Å². The highest BCUT2D eigenvalue weighted by Gasteiger charge is 2.19. The van der Waals surface area contributed by atoms with Crippen molar-refractivity contribution in [3.8, 4) is 0 Å². The minimum absolute atomic E-state index is 0.00727. The summed E-state index contributed by atoms with van der Waals surface area (Å²) in [5.74, 6) is 0. The van der Waals surface area contributed by atoms with Gasteiger partial charge in [0.25, 0.3) is 5.56 Å². The van der Waals surface area contributed by atoms with E-state index in [-0.39, 0.29) is 5.56 Å². The Labute approximate surface area is 108 Å². The molecule has 0 bridgehead atoms. The molecule has 2 heterocycles. The highest BCUT2D eigenvalue weighted by Crippen LogP contribution is 2.19. The molecule has 1 aromatic heterocycles. The van der Waals surface area contributed by atoms with E-state index >= 15 is 0 Å². The van der Waals surface area contributed by atoms with Gasteiger partial charge in [-0.3, -0.25) is 9.69 Å². The van der Waals surface area contributed by atoms with Gasteiger partial charge in [-0.15, -0.1) is 0 Å². The standard InChI is InChI=1S/C14H23N3O/c1-3-5-7-17-13-6-8-16(4-2)10-11(13)9-12(15)14(17)18/h9H,3-8,10,15H2,1-2H3. The van der Waals surface area contributed by atoms with Crippen molar-refractivity contribution in [2.75, 3.05) is 18.8 Å². The summed E-state index contributed by atoms with van der Waals surface area (Å²) in [7, 11) is 0. The van der Waals surface area contributed by atoms with Crippen LogP contribution in [0, 0.1) is 0 Å². The Balaban J connectivity index is 2.40. The average molecular weight is 249 g/mol. The second-order valence-electron chi connectivity index (χ2n) is 5.00. The van der Waals surface area contributed by atoms with Crippen LogP contribution in [-0.2, 0) is 19.5 Å². The number of likely N-dealkylation sites (N-methyl/N-ethyl adjacent to an activating group) is 1. The number of fused-ring (bicyclic) bond motifs is 1. The molecule has 0 amide bonds. The fraction of sp³-hybridized carbons (Fsp3) is 0.643. The number of nitrogens with zero attached hydrogens (tertiary/aromatic N) is 2. The van der Waals surface area contributed by atoms with Crippen LogP contribution in [0.2, 0.25) is 0 Å². The number of nitrogens with two attached hydrogens (primary N) is 1. The third-order valence-corrected chi connectivity index (χ3v) is 3.76. The highest BCUT2D eigenvalue weighted by atomic mass is 16.1. The molecule has 0 saturated heterocycles. The first kappa shape index (κ1) is 13.1. The van der Waals surface area contributed by atoms with Gasteiger partial charge in [0.1, 0.15) is 0 Å². The molecular formula is C14H23N3O. The van der Waals surface area contributed by atoms with Gasteiger partial charge in [0.2, 0.25) is 0 Å². The lowest BCUT2D eigenvalue weighted by Gasteiger charge is -2.29. The molecule has 0 aromatic carbocycles. The first-order valence-electron chi connectivity index (χ1n) is 6.90. The number of pyridine rings is 1. The van der Waals surface area contributed by atoms with Crippen molar-refractivity contribution in [2.24, 2.45) is 0 Å². The lowest BCUT2D eigenvalue weighted by atomic mass is 10.0. The van der Waals surface area contributed by atoms with Crippen LogP contribution in [-0.4, -0.2) is 22.6 Å². The summed E-state index contributed by atoms with van der Waals surface area (Å²) < 4.78 is 1.90. The van der Waals surface area contributed by atoms with E-state index in [2.05, 4.69) is 18.7 Å². The zero-order valence-corrected chi connectivity index (χ0v) is 11.4. The Morgan fingerprint density at radius 3 is 2.83 bits per heavy atom. The zero-order chi connectivity index (χ0) is 13.1. The van der Waals surface area contributed by atoms with Gasteiger partial charge in [-0.1, -0.05) is 20.3 Å². The second kappa shape index (κ2) is 5.57. The van der Waals surface area contributed by atoms with Crippen LogP contribution in [0.25, 0.3) is 0 Å². The summed E-state index contributed by atoms with van der Waals surface area (Å²) in [5.41, 5.74) is 8.67. The fourth-order valence-corrected chi connectivity index (χ4v) is 2.62. The maximum Gasteiger partial charge on any atom is 0.273 e. The first-order chi connectivity index (χ1) is 8.67. The van der Waals surface area contributed by atoms with Crippen molar-refractivity contribution >= 4 is 5.69 Å². The van der Waals surface area contributed by atoms with Gasteiger partial charge in [-0.05, 0) is 24.6 Å². The molecule has 4 nitrogen and oxygen atoms in total. The first-order valence-corrected chi connectivity index (χ1v) is 6.90. The molecule has 18 heavy (non-hydrogen) atoms. The van der Waals surface area contributed by atoms with Crippen molar-refractivity contribution in [3.05, 3.63) is 27.7 Å². The Kier molecular flexibility index (Phi) is 4.07. The Morgan fingerprint density at radius 2 is 2.17 bits per heavy atom. The van der Waals surface area contributed by atoms with Crippen LogP contribution < -0.4 is 11.3 Å². The Bertz CT molecular complexity index is 479. The lowest BCUT2D eigenvalue weighted by molar-refractivity contribution is 0.261. The molecule has 100 valence electrons. The molecule has 2 N–H and O–H groups in total. The van der Waals surface area contributed by atoms with Gasteiger partial charge in [0.05, 0.1) is 5.69 Å². The van der Waals surface area contributed by atoms with E-state index in [9.17, 15) is 4.79 Å². The van der Waals surface area contributed by atoms with E-state index in [0.717, 1.165) is 45.4 Å². The minimum Gasteiger partial charge on any atom is -0.394 e. The predicted molar refractivity (Wildman–Crippen MR) is 74.7 cm³/mol. The molecule has 0 radical (unpaired) electrons. The largest absolute Gasteiger partial charge is 0.394 e. The van der Waals surface area contributed by atoms with E-state index in [1.165, 1.54) is 11.3 Å². The summed E-state index contributed by atoms with van der Waals surface area (Å²) in [4.78, 5) is 14.5. The lowest BCUT2D eigenvalue weighted by Crippen LogP contribution is -2.36. The number of nitrogen functional groups attached to an aromatic ring is 1. The van der Waals surface area contributed by atoms with Gasteiger partial charge in [0.15, 0.2) is 0 Å². The van der Waals surface area contributed by atoms with Crippen LogP contribution in [0.5, 0.6) is 0 Å². The van der Waals surface area contributed by atoms with Gasteiger partial charge >= 0.3 is 0 Å². The van der Waals surface area contributed by atoms with Crippen molar-refractivity contribution < 1.29 is 0 Å². The van der Waals surface area contributed by atoms with Gasteiger partial charge in [0, 0.05) is 31.7 Å². The van der Waals surface area contributed by atoms with Crippen LogP contribution in [0.15, 0.2) is 10.9 Å². The third kappa shape index (κ3) is 2.43. The van der Waals surface area contributed by atoms with Crippen molar-refractivity contribution in [1.29, 1.82) is 0 Å². The summed E-state index contributed by atoms with van der Waals surface area (Å²) in [6, 6.07) is 1.88. The number of anilines is 1. The SMILES string of the molecule is CCCCn1c2c(cc(N)c1=O)CN(CC)CC2. The third-order valence-electron chi connectivity index (χ3n) is 3.76. The van der Waals surface area contributed by atoms with Crippen molar-refractivity contribution in [3.63, 3.8) is 0 Å². The highest BCUT2D eigenvalue weighted by molar-refractivity contribution is 5.42. The molecule has 0 saturated carbocycles. The number of aromatic nitrogens is 1. The quantitative estimate of drug-likeness (QED) is 0.882. The number of rotatable bonds is 4. The topological polar surface area (TPSA) is 51.3 Å². The summed E-state index contributed by atoms with van der Waals surface area (Å²) in [5, 5.41) is 0. The monoisotopic (exact) mass is 249 g/mol. The summed E-state index contributed by atoms with van der Waals surface area (Å²) in [6.07, 6.45) is 3.09. The molecular weight excluding hydrogens is 226 g/mol. The zero-order valence-electron chi connectivity index (χ0n) is 11.4. The molecule has 4 heteroatoms. The minimum atomic E-state index is -0.00727. The Hall–Kier alpha value is -1.29. The molecule has 1 aliphatic heterocycles. The number of unbranched alkanes of at least 4 members (excludes halogenated alkanes) is 1. The molecule has 0 aliphatic carbocycles. The predicted octanol–water partition coefficient (Wildman–Crippen LogP) is 1.61. The maximum absolute atomic E-state index is 12.1. The van der Waals surface area contributed by atoms with E-state index in [1.807, 2.05) is 10.6 Å². The van der Waals surface area contributed by atoms with E-state index < -0.39 is 0 Å². The maximum atomic E-state index is 12.1. The smallest absolute Gasteiger partial charge is 0.273 e. The molecule has 1 aliphatic rings. The molecule has 0 unspecified atom stereocenters. The second-order valence-corrected chi connectivity index (χ2v) is 5.00. The van der Waals surface area contributed by atoms with Gasteiger partial charge < -0.3 is 10.3 Å². The normalized spacial score (nSPS) is 15.7. The summed E-state index contributed by atoms with van der Waals surface area (Å²) in [6.45, 7) is 8.12. The summed E-state index contributed by atoms with van der Waals surface area (Å²) >= 11 is 0. The molecule has 0 fully saturated rings. The van der Waals surface area contributed by atoms with E-state index in [4.69, 9.17) is 5.73 Å². The Morgan fingerprint density at radius 1 is 1.39 bits per heavy atom. The van der Waals surface area contributed by atoms with E-state index in [0.29, 0.717) is 5.69 Å². The van der Waals surface area contributed by atoms with Crippen molar-refractivity contribution in [2.45, 2.75) is 46.2 Å². The molecule has 0 atom stereocenters. The van der Waals surface area contributed by atoms with E-state index in [1.54, 1.807) is 0 Å². The number of hydrogen-bond donors (Lipinski definition) is 1. The number of hydrogen-bond acceptors (Lipinski definition) is 3. The van der Waals surface area contributed by atoms with Gasteiger partial charge in [-0.2, -0.15) is 0 Å². The van der Waals surface area contributed by atoms with Crippen LogP contribution in [0.3, 0.4) is 0 Å². The molecule has 0 spiro atoms. The van der Waals surface area contributed by atoms with Crippen LogP contribution in [0.1, 0.15) is 37.9 Å². The average Bonchev–Trinajstić information content (AvgIpc) is 2.39. The van der Waals surface area contributed by atoms with Crippen molar-refractivity contribution in [1.82, 2.24) is 9.47 Å². The fourth-order valence-electron chi connectivity index (χ4n) is 2.62. The van der Waals surface area contributed by atoms with Crippen LogP contribution >= 0.6 is 0 Å². The van der Waals surface area contributed by atoms with Gasteiger partial charge in [-0.25, -0.2) is 0 Å². The molecule has 1 aromatic rings. The molecule has 2 rings (SSSR count).